The zero-order valence-electron chi connectivity index (χ0n) is 17.8. The van der Waals surface area contributed by atoms with Gasteiger partial charge in [-0.25, -0.2) is 8.42 Å². The van der Waals surface area contributed by atoms with Gasteiger partial charge in [-0.05, 0) is 36.1 Å². The van der Waals surface area contributed by atoms with E-state index in [9.17, 15) is 13.2 Å². The van der Waals surface area contributed by atoms with E-state index >= 15 is 0 Å². The molecule has 1 aromatic carbocycles. The number of rotatable bonds is 4. The molecule has 1 saturated heterocycles. The third-order valence-electron chi connectivity index (χ3n) is 6.37. The third-order valence-corrected chi connectivity index (χ3v) is 8.25. The highest BCUT2D eigenvalue weighted by atomic mass is 32.2. The van der Waals surface area contributed by atoms with Gasteiger partial charge in [0.2, 0.25) is 15.9 Å². The first-order valence-electron chi connectivity index (χ1n) is 10.6. The molecule has 3 aliphatic rings. The van der Waals surface area contributed by atoms with Crippen molar-refractivity contribution < 1.29 is 13.2 Å². The van der Waals surface area contributed by atoms with Crippen molar-refractivity contribution in [3.63, 3.8) is 0 Å². The van der Waals surface area contributed by atoms with Crippen LogP contribution in [0.1, 0.15) is 17.5 Å². The molecular weight excluding hydrogens is 416 g/mol. The fraction of sp³-hybridized carbons (Fsp3) is 0.476. The molecule has 164 valence electrons. The van der Waals surface area contributed by atoms with Crippen LogP contribution in [0.15, 0.2) is 29.3 Å². The van der Waals surface area contributed by atoms with Crippen LogP contribution in [-0.4, -0.2) is 75.6 Å². The van der Waals surface area contributed by atoms with Gasteiger partial charge in [0.05, 0.1) is 22.5 Å². The van der Waals surface area contributed by atoms with E-state index in [0.717, 1.165) is 28.3 Å². The number of benzene rings is 1. The van der Waals surface area contributed by atoms with Crippen LogP contribution < -0.4 is 14.7 Å². The largest absolute Gasteiger partial charge is 0.376 e. The van der Waals surface area contributed by atoms with Crippen LogP contribution in [0.25, 0.3) is 0 Å². The smallest absolute Gasteiger partial charge is 0.243 e. The predicted octanol–water partition coefficient (Wildman–Crippen LogP) is 0.889. The first-order valence-corrected chi connectivity index (χ1v) is 12.0. The van der Waals surface area contributed by atoms with Crippen molar-refractivity contribution >= 4 is 33.1 Å². The predicted molar refractivity (Wildman–Crippen MR) is 118 cm³/mol. The van der Waals surface area contributed by atoms with Crippen LogP contribution in [0.4, 0.5) is 17.2 Å². The summed E-state index contributed by atoms with van der Waals surface area (Å²) >= 11 is 0. The van der Waals surface area contributed by atoms with E-state index in [1.54, 1.807) is 22.6 Å². The summed E-state index contributed by atoms with van der Waals surface area (Å²) in [5.74, 6) is 0.898. The van der Waals surface area contributed by atoms with Crippen molar-refractivity contribution in [3.8, 4) is 0 Å². The molecule has 0 bridgehead atoms. The van der Waals surface area contributed by atoms with Gasteiger partial charge in [0.1, 0.15) is 0 Å². The summed E-state index contributed by atoms with van der Waals surface area (Å²) in [4.78, 5) is 18.3. The maximum Gasteiger partial charge on any atom is 0.243 e. The maximum atomic E-state index is 13.4. The summed E-state index contributed by atoms with van der Waals surface area (Å²) in [6.07, 6.45) is 3.47. The molecule has 3 aliphatic heterocycles. The highest BCUT2D eigenvalue weighted by Crippen LogP contribution is 2.39. The van der Waals surface area contributed by atoms with Gasteiger partial charge in [-0.3, -0.25) is 4.79 Å². The molecule has 2 aromatic rings. The van der Waals surface area contributed by atoms with E-state index < -0.39 is 10.0 Å². The van der Waals surface area contributed by atoms with Gasteiger partial charge in [-0.2, -0.15) is 9.40 Å². The number of hydrogen-bond acceptors (Lipinski definition) is 7. The molecule has 1 fully saturated rings. The van der Waals surface area contributed by atoms with Gasteiger partial charge in [0.15, 0.2) is 5.82 Å². The van der Waals surface area contributed by atoms with Gasteiger partial charge >= 0.3 is 0 Å². The molecule has 0 saturated carbocycles. The minimum atomic E-state index is -3.59. The van der Waals surface area contributed by atoms with E-state index in [0.29, 0.717) is 56.9 Å². The molecule has 1 aromatic heterocycles. The molecule has 0 spiro atoms. The van der Waals surface area contributed by atoms with Crippen LogP contribution in [0.3, 0.4) is 0 Å². The number of carbonyl (C=O) groups excluding carboxylic acids is 1. The van der Waals surface area contributed by atoms with Gasteiger partial charge in [0, 0.05) is 59.3 Å². The Kier molecular flexibility index (Phi) is 4.86. The minimum Gasteiger partial charge on any atom is -0.376 e. The number of aryl methyl sites for hydroxylation is 1. The number of anilines is 3. The lowest BCUT2D eigenvalue weighted by molar-refractivity contribution is -0.118. The standard InChI is InChI=1S/C21H26N6O3S/c1-24(2)17-13-19(23-22-14-17)25-7-9-26(10-8-25)31(29,30)18-11-15-3-4-20(28)27-6-5-16(12-18)21(15)27/h11-14H,3-10H2,1-2H3. The van der Waals surface area contributed by atoms with Crippen LogP contribution in [0, 0.1) is 0 Å². The van der Waals surface area contributed by atoms with Crippen LogP contribution >= 0.6 is 0 Å². The second-order valence-corrected chi connectivity index (χ2v) is 10.4. The zero-order chi connectivity index (χ0) is 21.8. The first-order chi connectivity index (χ1) is 14.8. The molecule has 0 atom stereocenters. The molecule has 0 N–H and O–H groups in total. The molecular formula is C21H26N6O3S. The summed E-state index contributed by atoms with van der Waals surface area (Å²) in [7, 11) is 0.306. The molecule has 0 aliphatic carbocycles. The monoisotopic (exact) mass is 442 g/mol. The Balaban J connectivity index is 1.35. The van der Waals surface area contributed by atoms with Crippen molar-refractivity contribution in [3.05, 3.63) is 35.5 Å². The van der Waals surface area contributed by atoms with Crippen molar-refractivity contribution in [2.45, 2.75) is 24.2 Å². The fourth-order valence-corrected chi connectivity index (χ4v) is 6.15. The Morgan fingerprint density at radius 3 is 2.35 bits per heavy atom. The normalized spacial score (nSPS) is 19.0. The Morgan fingerprint density at radius 1 is 0.935 bits per heavy atom. The second kappa shape index (κ2) is 7.45. The second-order valence-electron chi connectivity index (χ2n) is 8.44. The lowest BCUT2D eigenvalue weighted by atomic mass is 10.00. The lowest BCUT2D eigenvalue weighted by Gasteiger charge is -2.35. The summed E-state index contributed by atoms with van der Waals surface area (Å²) < 4.78 is 28.4. The highest BCUT2D eigenvalue weighted by Gasteiger charge is 2.35. The molecule has 0 unspecified atom stereocenters. The maximum absolute atomic E-state index is 13.4. The number of carbonyl (C=O) groups is 1. The van der Waals surface area contributed by atoms with E-state index in [-0.39, 0.29) is 5.91 Å². The van der Waals surface area contributed by atoms with E-state index in [1.165, 1.54) is 0 Å². The van der Waals surface area contributed by atoms with Crippen molar-refractivity contribution in [1.29, 1.82) is 0 Å². The Labute approximate surface area is 182 Å². The molecule has 10 heteroatoms. The lowest BCUT2D eigenvalue weighted by Crippen LogP contribution is -2.49. The molecule has 0 radical (unpaired) electrons. The number of aromatic nitrogens is 2. The third kappa shape index (κ3) is 3.43. The Morgan fingerprint density at radius 2 is 1.65 bits per heavy atom. The van der Waals surface area contributed by atoms with Crippen LogP contribution in [0.5, 0.6) is 0 Å². The average Bonchev–Trinajstić information content (AvgIpc) is 3.22. The molecule has 9 nitrogen and oxygen atoms in total. The minimum absolute atomic E-state index is 0.138. The number of hydrogen-bond donors (Lipinski definition) is 0. The quantitative estimate of drug-likeness (QED) is 0.695. The number of amides is 1. The average molecular weight is 443 g/mol. The molecule has 1 amide bonds. The summed E-state index contributed by atoms with van der Waals surface area (Å²) in [6.45, 7) is 2.56. The highest BCUT2D eigenvalue weighted by molar-refractivity contribution is 7.89. The van der Waals surface area contributed by atoms with Gasteiger partial charge in [-0.15, -0.1) is 5.10 Å². The Hall–Kier alpha value is -2.72. The molecule has 5 rings (SSSR count). The zero-order valence-corrected chi connectivity index (χ0v) is 18.6. The topological polar surface area (TPSA) is 90.0 Å². The van der Waals surface area contributed by atoms with Gasteiger partial charge < -0.3 is 14.7 Å². The van der Waals surface area contributed by atoms with Crippen molar-refractivity contribution in [2.24, 2.45) is 0 Å². The van der Waals surface area contributed by atoms with Crippen LogP contribution in [0.2, 0.25) is 0 Å². The first kappa shape index (κ1) is 20.2. The van der Waals surface area contributed by atoms with Crippen molar-refractivity contribution in [1.82, 2.24) is 14.5 Å². The number of nitrogens with zero attached hydrogens (tertiary/aromatic N) is 6. The SMILES string of the molecule is CN(C)c1cnnc(N2CCN(S(=O)(=O)c3cc4c5c(c3)CCN5C(=O)CC4)CC2)c1. The molecule has 4 heterocycles. The summed E-state index contributed by atoms with van der Waals surface area (Å²) in [6, 6.07) is 5.51. The van der Waals surface area contributed by atoms with Crippen LogP contribution in [-0.2, 0) is 27.7 Å². The summed E-state index contributed by atoms with van der Waals surface area (Å²) in [5, 5.41) is 8.29. The van der Waals surface area contributed by atoms with E-state index in [2.05, 4.69) is 15.1 Å². The molecule has 31 heavy (non-hydrogen) atoms. The number of sulfonamides is 1. The van der Waals surface area contributed by atoms with E-state index in [1.807, 2.05) is 30.0 Å². The fourth-order valence-electron chi connectivity index (χ4n) is 4.63. The Bertz CT molecular complexity index is 1140. The van der Waals surface area contributed by atoms with Gasteiger partial charge in [-0.1, -0.05) is 0 Å². The number of piperazine rings is 1. The van der Waals surface area contributed by atoms with E-state index in [4.69, 9.17) is 0 Å². The summed E-state index contributed by atoms with van der Waals surface area (Å²) in [5.41, 5.74) is 3.85. The van der Waals surface area contributed by atoms with Crippen molar-refractivity contribution in [2.75, 3.05) is 61.5 Å². The van der Waals surface area contributed by atoms with Gasteiger partial charge in [0.25, 0.3) is 0 Å².